The number of non-ortho nitro benzene ring substituents is 1. The van der Waals surface area contributed by atoms with Gasteiger partial charge in [0.05, 0.1) is 23.8 Å². The second kappa shape index (κ2) is 9.46. The standard InChI is InChI=1S/C22H26N4O6S/c1-15(16-4-6-18(7-5-16)24-22(27)17-2-3-17)23-20-9-8-19(26(28)29)14-21(20)33(30,31)25-10-12-32-13-11-25/h4-9,14-15,17,23H,2-3,10-13H2,1H3,(H,24,27). The third-order valence-electron chi connectivity index (χ3n) is 5.76. The molecule has 1 atom stereocenters. The molecule has 0 aromatic heterocycles. The van der Waals surface area contributed by atoms with Crippen LogP contribution in [0.4, 0.5) is 17.1 Å². The Morgan fingerprint density at radius 1 is 1.15 bits per heavy atom. The summed E-state index contributed by atoms with van der Waals surface area (Å²) in [5, 5.41) is 17.4. The lowest BCUT2D eigenvalue weighted by molar-refractivity contribution is -0.385. The van der Waals surface area contributed by atoms with Gasteiger partial charge in [0.15, 0.2) is 0 Å². The second-order valence-electron chi connectivity index (χ2n) is 8.21. The number of nitrogens with zero attached hydrogens (tertiary/aromatic N) is 2. The normalized spacial score (nSPS) is 17.8. The van der Waals surface area contributed by atoms with Crippen LogP contribution < -0.4 is 10.6 Å². The Hall–Kier alpha value is -3.02. The van der Waals surface area contributed by atoms with E-state index in [1.165, 1.54) is 16.4 Å². The van der Waals surface area contributed by atoms with Crippen LogP contribution in [0.2, 0.25) is 0 Å². The van der Waals surface area contributed by atoms with Crippen molar-refractivity contribution < 1.29 is 22.9 Å². The van der Waals surface area contributed by atoms with Crippen LogP contribution in [-0.2, 0) is 19.6 Å². The number of amides is 1. The van der Waals surface area contributed by atoms with E-state index in [1.807, 2.05) is 19.1 Å². The monoisotopic (exact) mass is 474 g/mol. The molecular formula is C22H26N4O6S. The summed E-state index contributed by atoms with van der Waals surface area (Å²) < 4.78 is 33.1. The number of nitro groups is 1. The number of hydrogen-bond acceptors (Lipinski definition) is 7. The zero-order valence-corrected chi connectivity index (χ0v) is 19.0. The van der Waals surface area contributed by atoms with E-state index >= 15 is 0 Å². The highest BCUT2D eigenvalue weighted by Crippen LogP contribution is 2.33. The topological polar surface area (TPSA) is 131 Å². The summed E-state index contributed by atoms with van der Waals surface area (Å²) in [5.41, 5.74) is 1.56. The van der Waals surface area contributed by atoms with E-state index in [0.717, 1.165) is 24.5 Å². The van der Waals surface area contributed by atoms with Crippen LogP contribution in [0.15, 0.2) is 47.4 Å². The Morgan fingerprint density at radius 3 is 2.42 bits per heavy atom. The van der Waals surface area contributed by atoms with Crippen molar-refractivity contribution in [2.75, 3.05) is 36.9 Å². The van der Waals surface area contributed by atoms with Crippen LogP contribution in [0.25, 0.3) is 0 Å². The van der Waals surface area contributed by atoms with Crippen LogP contribution >= 0.6 is 0 Å². The molecule has 10 nitrogen and oxygen atoms in total. The largest absolute Gasteiger partial charge is 0.379 e. The Balaban J connectivity index is 1.56. The van der Waals surface area contributed by atoms with E-state index in [0.29, 0.717) is 5.69 Å². The first kappa shape index (κ1) is 23.1. The number of morpholine rings is 1. The third-order valence-corrected chi connectivity index (χ3v) is 7.70. The maximum Gasteiger partial charge on any atom is 0.270 e. The maximum atomic E-state index is 13.3. The van der Waals surface area contributed by atoms with Crippen molar-refractivity contribution in [1.82, 2.24) is 4.31 Å². The molecule has 33 heavy (non-hydrogen) atoms. The van der Waals surface area contributed by atoms with Crippen LogP contribution in [0.5, 0.6) is 0 Å². The van der Waals surface area contributed by atoms with Gasteiger partial charge in [-0.05, 0) is 43.5 Å². The molecule has 2 N–H and O–H groups in total. The number of sulfonamides is 1. The number of ether oxygens (including phenoxy) is 1. The Labute approximate surface area is 192 Å². The van der Waals surface area contributed by atoms with Gasteiger partial charge in [-0.15, -0.1) is 0 Å². The Morgan fingerprint density at radius 2 is 1.82 bits per heavy atom. The molecule has 0 bridgehead atoms. The molecule has 11 heteroatoms. The van der Waals surface area contributed by atoms with Crippen molar-refractivity contribution in [2.45, 2.75) is 30.7 Å². The van der Waals surface area contributed by atoms with Crippen LogP contribution in [0.3, 0.4) is 0 Å². The highest BCUT2D eigenvalue weighted by molar-refractivity contribution is 7.89. The number of carbonyl (C=O) groups is 1. The molecule has 2 aromatic carbocycles. The van der Waals surface area contributed by atoms with Crippen molar-refractivity contribution in [3.63, 3.8) is 0 Å². The highest BCUT2D eigenvalue weighted by Gasteiger charge is 2.31. The Kier molecular flexibility index (Phi) is 6.63. The van der Waals surface area contributed by atoms with Crippen molar-refractivity contribution in [1.29, 1.82) is 0 Å². The molecule has 176 valence electrons. The number of nitrogens with one attached hydrogen (secondary N) is 2. The van der Waals surface area contributed by atoms with E-state index in [4.69, 9.17) is 4.74 Å². The smallest absolute Gasteiger partial charge is 0.270 e. The molecule has 1 unspecified atom stereocenters. The molecule has 2 fully saturated rings. The van der Waals surface area contributed by atoms with Crippen LogP contribution in [-0.4, -0.2) is 49.9 Å². The number of hydrogen-bond donors (Lipinski definition) is 2. The van der Waals surface area contributed by atoms with Crippen LogP contribution in [0, 0.1) is 16.0 Å². The molecule has 1 heterocycles. The van der Waals surface area contributed by atoms with E-state index < -0.39 is 14.9 Å². The van der Waals surface area contributed by atoms with E-state index in [2.05, 4.69) is 10.6 Å². The maximum absolute atomic E-state index is 13.3. The van der Waals surface area contributed by atoms with Gasteiger partial charge in [0.1, 0.15) is 4.90 Å². The molecule has 1 aliphatic heterocycles. The van der Waals surface area contributed by atoms with Gasteiger partial charge >= 0.3 is 0 Å². The van der Waals surface area contributed by atoms with Gasteiger partial charge in [0.25, 0.3) is 5.69 Å². The second-order valence-corrected chi connectivity index (χ2v) is 10.1. The van der Waals surface area contributed by atoms with Gasteiger partial charge in [-0.2, -0.15) is 4.31 Å². The fourth-order valence-corrected chi connectivity index (χ4v) is 5.23. The molecule has 1 saturated carbocycles. The summed E-state index contributed by atoms with van der Waals surface area (Å²) in [4.78, 5) is 22.5. The molecule has 2 aromatic rings. The lowest BCUT2D eigenvalue weighted by Gasteiger charge is -2.27. The SMILES string of the molecule is CC(Nc1ccc([N+](=O)[O-])cc1S(=O)(=O)N1CCOCC1)c1ccc(NC(=O)C2CC2)cc1. The minimum atomic E-state index is -3.96. The quantitative estimate of drug-likeness (QED) is 0.444. The molecule has 1 amide bonds. The van der Waals surface area contributed by atoms with Gasteiger partial charge in [-0.3, -0.25) is 14.9 Å². The fourth-order valence-electron chi connectivity index (χ4n) is 3.64. The molecule has 2 aliphatic rings. The molecular weight excluding hydrogens is 448 g/mol. The molecule has 4 rings (SSSR count). The van der Waals surface area contributed by atoms with Gasteiger partial charge in [-0.1, -0.05) is 12.1 Å². The summed E-state index contributed by atoms with van der Waals surface area (Å²) in [6.07, 6.45) is 1.85. The summed E-state index contributed by atoms with van der Waals surface area (Å²) in [7, 11) is -3.96. The Bertz CT molecular complexity index is 1140. The van der Waals surface area contributed by atoms with Gasteiger partial charge < -0.3 is 15.4 Å². The van der Waals surface area contributed by atoms with Crippen molar-refractivity contribution in [2.24, 2.45) is 5.92 Å². The van der Waals surface area contributed by atoms with Gasteiger partial charge in [0, 0.05) is 42.9 Å². The summed E-state index contributed by atoms with van der Waals surface area (Å²) in [6, 6.07) is 10.8. The van der Waals surface area contributed by atoms with Gasteiger partial charge in [0.2, 0.25) is 15.9 Å². The first-order valence-electron chi connectivity index (χ1n) is 10.8. The molecule has 1 aliphatic carbocycles. The number of carbonyl (C=O) groups excluding carboxylic acids is 1. The zero-order chi connectivity index (χ0) is 23.6. The predicted molar refractivity (Wildman–Crippen MR) is 123 cm³/mol. The summed E-state index contributed by atoms with van der Waals surface area (Å²) >= 11 is 0. The zero-order valence-electron chi connectivity index (χ0n) is 18.2. The number of anilines is 2. The molecule has 0 spiro atoms. The lowest BCUT2D eigenvalue weighted by Crippen LogP contribution is -2.40. The van der Waals surface area contributed by atoms with Crippen molar-refractivity contribution >= 4 is 33.0 Å². The van der Waals surface area contributed by atoms with E-state index in [9.17, 15) is 23.3 Å². The lowest BCUT2D eigenvalue weighted by atomic mass is 10.1. The molecule has 1 saturated heterocycles. The van der Waals surface area contributed by atoms with Crippen molar-refractivity contribution in [3.8, 4) is 0 Å². The van der Waals surface area contributed by atoms with Gasteiger partial charge in [-0.25, -0.2) is 8.42 Å². The van der Waals surface area contributed by atoms with Crippen LogP contribution in [0.1, 0.15) is 31.4 Å². The number of rotatable bonds is 8. The summed E-state index contributed by atoms with van der Waals surface area (Å²) in [6.45, 7) is 2.79. The third kappa shape index (κ3) is 5.32. The number of nitro benzene ring substituents is 1. The predicted octanol–water partition coefficient (Wildman–Crippen LogP) is 3.14. The van der Waals surface area contributed by atoms with E-state index in [1.54, 1.807) is 12.1 Å². The first-order chi connectivity index (χ1) is 15.8. The van der Waals surface area contributed by atoms with E-state index in [-0.39, 0.29) is 60.4 Å². The average Bonchev–Trinajstić information content (AvgIpc) is 3.66. The first-order valence-corrected chi connectivity index (χ1v) is 12.2. The molecule has 0 radical (unpaired) electrons. The highest BCUT2D eigenvalue weighted by atomic mass is 32.2. The minimum absolute atomic E-state index is 0.0257. The van der Waals surface area contributed by atoms with Crippen molar-refractivity contribution in [3.05, 3.63) is 58.1 Å². The fraction of sp³-hybridized carbons (Fsp3) is 0.409. The summed E-state index contributed by atoms with van der Waals surface area (Å²) in [5.74, 6) is 0.136. The average molecular weight is 475 g/mol. The minimum Gasteiger partial charge on any atom is -0.379 e. The number of benzene rings is 2.